The van der Waals surface area contributed by atoms with Crippen LogP contribution in [0.15, 0.2) is 107 Å². The van der Waals surface area contributed by atoms with Gasteiger partial charge in [0, 0.05) is 12.4 Å². The van der Waals surface area contributed by atoms with E-state index < -0.39 is 0 Å². The predicted octanol–water partition coefficient (Wildman–Crippen LogP) is 6.43. The van der Waals surface area contributed by atoms with Gasteiger partial charge in [-0.15, -0.1) is 0 Å². The summed E-state index contributed by atoms with van der Waals surface area (Å²) >= 11 is 0. The van der Waals surface area contributed by atoms with Crippen molar-refractivity contribution in [3.8, 4) is 11.1 Å². The number of hydrogen-bond acceptors (Lipinski definition) is 6. The van der Waals surface area contributed by atoms with E-state index in [1.54, 1.807) is 36.7 Å². The fourth-order valence-corrected chi connectivity index (χ4v) is 3.42. The first-order valence-corrected chi connectivity index (χ1v) is 11.2. The summed E-state index contributed by atoms with van der Waals surface area (Å²) in [5.41, 5.74) is 6.60. The largest absolute Gasteiger partial charge is 0.465 e. The normalized spacial score (nSPS) is 11.1. The molecule has 0 aliphatic heterocycles. The maximum Gasteiger partial charge on any atom is 0.337 e. The third-order valence-electron chi connectivity index (χ3n) is 5.46. The second-order valence-corrected chi connectivity index (χ2v) is 7.84. The summed E-state index contributed by atoms with van der Waals surface area (Å²) in [6, 6.07) is 30.1. The van der Waals surface area contributed by atoms with Gasteiger partial charge < -0.3 is 9.47 Å². The highest BCUT2D eigenvalue weighted by Gasteiger charge is 2.04. The van der Waals surface area contributed by atoms with Gasteiger partial charge in [0.25, 0.3) is 0 Å². The van der Waals surface area contributed by atoms with E-state index in [1.165, 1.54) is 14.2 Å². The van der Waals surface area contributed by atoms with E-state index in [9.17, 15) is 9.59 Å². The summed E-state index contributed by atoms with van der Waals surface area (Å²) in [5.74, 6) is -0.721. The highest BCUT2D eigenvalue weighted by molar-refractivity contribution is 5.91. The van der Waals surface area contributed by atoms with Gasteiger partial charge in [0.05, 0.1) is 36.7 Å². The molecule has 0 heterocycles. The van der Waals surface area contributed by atoms with E-state index in [2.05, 4.69) is 9.98 Å². The summed E-state index contributed by atoms with van der Waals surface area (Å²) in [7, 11) is 2.72. The maximum absolute atomic E-state index is 11.5. The lowest BCUT2D eigenvalue weighted by molar-refractivity contribution is 0.0592. The first-order valence-electron chi connectivity index (χ1n) is 11.2. The number of ether oxygens (including phenoxy) is 2. The first-order chi connectivity index (χ1) is 17.6. The number of rotatable bonds is 7. The molecule has 0 atom stereocenters. The van der Waals surface area contributed by atoms with Crippen LogP contribution in [0.4, 0.5) is 11.4 Å². The van der Waals surface area contributed by atoms with Crippen LogP contribution in [0.3, 0.4) is 0 Å². The van der Waals surface area contributed by atoms with Gasteiger partial charge in [0.2, 0.25) is 0 Å². The molecule has 0 spiro atoms. The Labute approximate surface area is 209 Å². The van der Waals surface area contributed by atoms with Crippen LogP contribution in [0, 0.1) is 0 Å². The van der Waals surface area contributed by atoms with Crippen LogP contribution in [-0.2, 0) is 9.47 Å². The van der Waals surface area contributed by atoms with Crippen LogP contribution in [-0.4, -0.2) is 38.6 Å². The molecule has 6 heteroatoms. The molecular weight excluding hydrogens is 452 g/mol. The van der Waals surface area contributed by atoms with Gasteiger partial charge in [-0.2, -0.15) is 0 Å². The first kappa shape index (κ1) is 24.3. The molecule has 4 aromatic rings. The standard InChI is InChI=1S/C30H24N2O4/c1-35-29(33)25-7-3-21(4-8-25)19-31-27-15-11-23(12-16-27)24-13-17-28(18-14-24)32-20-22-5-9-26(10-6-22)30(34)36-2/h3-20H,1-2H3. The van der Waals surface area contributed by atoms with Gasteiger partial charge in [0.1, 0.15) is 0 Å². The van der Waals surface area contributed by atoms with E-state index >= 15 is 0 Å². The van der Waals surface area contributed by atoms with E-state index in [4.69, 9.17) is 9.47 Å². The predicted molar refractivity (Wildman–Crippen MR) is 142 cm³/mol. The Morgan fingerprint density at radius 1 is 0.528 bits per heavy atom. The molecule has 36 heavy (non-hydrogen) atoms. The molecule has 0 aromatic heterocycles. The molecule has 0 saturated carbocycles. The number of benzene rings is 4. The average Bonchev–Trinajstić information content (AvgIpc) is 2.95. The Morgan fingerprint density at radius 3 is 1.17 bits per heavy atom. The minimum atomic E-state index is -0.360. The SMILES string of the molecule is COC(=O)c1ccc(C=Nc2ccc(-c3ccc(N=Cc4ccc(C(=O)OC)cc4)cc3)cc2)cc1. The van der Waals surface area contributed by atoms with Crippen molar-refractivity contribution in [2.24, 2.45) is 9.98 Å². The molecule has 0 saturated heterocycles. The fraction of sp³-hybridized carbons (Fsp3) is 0.0667. The highest BCUT2D eigenvalue weighted by atomic mass is 16.5. The monoisotopic (exact) mass is 476 g/mol. The molecular formula is C30H24N2O4. The van der Waals surface area contributed by atoms with Gasteiger partial charge in [-0.1, -0.05) is 48.5 Å². The second kappa shape index (κ2) is 11.5. The average molecular weight is 477 g/mol. The van der Waals surface area contributed by atoms with Crippen LogP contribution in [0.1, 0.15) is 31.8 Å². The molecule has 0 fully saturated rings. The Hall–Kier alpha value is -4.84. The fourth-order valence-electron chi connectivity index (χ4n) is 3.42. The van der Waals surface area contributed by atoms with Crippen molar-refractivity contribution in [3.05, 3.63) is 119 Å². The lowest BCUT2D eigenvalue weighted by Gasteiger charge is -2.03. The summed E-state index contributed by atoms with van der Waals surface area (Å²) < 4.78 is 9.42. The summed E-state index contributed by atoms with van der Waals surface area (Å²) in [4.78, 5) is 32.1. The molecule has 178 valence electrons. The van der Waals surface area contributed by atoms with Crippen molar-refractivity contribution < 1.29 is 19.1 Å². The van der Waals surface area contributed by atoms with Crippen molar-refractivity contribution >= 4 is 35.7 Å². The minimum Gasteiger partial charge on any atom is -0.465 e. The van der Waals surface area contributed by atoms with E-state index in [0.29, 0.717) is 11.1 Å². The molecule has 0 unspecified atom stereocenters. The number of esters is 2. The Bertz CT molecular complexity index is 1280. The number of carbonyl (C=O) groups is 2. The minimum absolute atomic E-state index is 0.360. The molecule has 4 aromatic carbocycles. The van der Waals surface area contributed by atoms with Gasteiger partial charge in [0.15, 0.2) is 0 Å². The van der Waals surface area contributed by atoms with Crippen molar-refractivity contribution in [1.29, 1.82) is 0 Å². The zero-order valence-electron chi connectivity index (χ0n) is 19.9. The zero-order valence-corrected chi connectivity index (χ0v) is 19.9. The van der Waals surface area contributed by atoms with Crippen molar-refractivity contribution in [2.75, 3.05) is 14.2 Å². The topological polar surface area (TPSA) is 77.3 Å². The highest BCUT2D eigenvalue weighted by Crippen LogP contribution is 2.25. The molecule has 0 N–H and O–H groups in total. The lowest BCUT2D eigenvalue weighted by atomic mass is 10.1. The van der Waals surface area contributed by atoms with Gasteiger partial charge in [-0.3, -0.25) is 9.98 Å². The number of hydrogen-bond donors (Lipinski definition) is 0. The second-order valence-electron chi connectivity index (χ2n) is 7.84. The van der Waals surface area contributed by atoms with Gasteiger partial charge in [-0.25, -0.2) is 9.59 Å². The number of aliphatic imine (C=N–C) groups is 2. The molecule has 0 amide bonds. The van der Waals surface area contributed by atoms with Crippen molar-refractivity contribution in [2.45, 2.75) is 0 Å². The van der Waals surface area contributed by atoms with Gasteiger partial charge >= 0.3 is 11.9 Å². The van der Waals surface area contributed by atoms with E-state index in [-0.39, 0.29) is 11.9 Å². The quantitative estimate of drug-likeness (QED) is 0.228. The molecule has 0 aliphatic carbocycles. The molecule has 0 bridgehead atoms. The Balaban J connectivity index is 1.37. The molecule has 0 aliphatic rings. The van der Waals surface area contributed by atoms with E-state index in [1.807, 2.05) is 72.8 Å². The van der Waals surface area contributed by atoms with Crippen LogP contribution in [0.25, 0.3) is 11.1 Å². The van der Waals surface area contributed by atoms with Crippen LogP contribution >= 0.6 is 0 Å². The summed E-state index contributed by atoms with van der Waals surface area (Å²) in [5, 5.41) is 0. The Morgan fingerprint density at radius 2 is 0.861 bits per heavy atom. The molecule has 0 radical (unpaired) electrons. The van der Waals surface area contributed by atoms with Crippen LogP contribution in [0.5, 0.6) is 0 Å². The smallest absolute Gasteiger partial charge is 0.337 e. The Kier molecular flexibility index (Phi) is 7.78. The van der Waals surface area contributed by atoms with Crippen molar-refractivity contribution in [3.63, 3.8) is 0 Å². The number of carbonyl (C=O) groups excluding carboxylic acids is 2. The van der Waals surface area contributed by atoms with Crippen LogP contribution < -0.4 is 0 Å². The van der Waals surface area contributed by atoms with Crippen LogP contribution in [0.2, 0.25) is 0 Å². The molecule has 4 rings (SSSR count). The number of methoxy groups -OCH3 is 2. The zero-order chi connectivity index (χ0) is 25.3. The molecule has 6 nitrogen and oxygen atoms in total. The summed E-state index contributed by atoms with van der Waals surface area (Å²) in [6.45, 7) is 0. The van der Waals surface area contributed by atoms with Crippen molar-refractivity contribution in [1.82, 2.24) is 0 Å². The van der Waals surface area contributed by atoms with E-state index in [0.717, 1.165) is 33.6 Å². The summed E-state index contributed by atoms with van der Waals surface area (Å²) in [6.07, 6.45) is 3.51. The third-order valence-corrected chi connectivity index (χ3v) is 5.46. The van der Waals surface area contributed by atoms with Gasteiger partial charge in [-0.05, 0) is 70.8 Å². The maximum atomic E-state index is 11.5. The third kappa shape index (κ3) is 6.18. The lowest BCUT2D eigenvalue weighted by Crippen LogP contribution is -2.00. The number of nitrogens with zero attached hydrogens (tertiary/aromatic N) is 2.